The Balaban J connectivity index is 1.26. The number of anilines is 1. The van der Waals surface area contributed by atoms with E-state index in [1.54, 1.807) is 6.20 Å². The maximum Gasteiger partial charge on any atom is 0.254 e. The van der Waals surface area contributed by atoms with E-state index in [0.29, 0.717) is 18.2 Å². The van der Waals surface area contributed by atoms with Gasteiger partial charge in [-0.25, -0.2) is 9.97 Å². The average Bonchev–Trinajstić information content (AvgIpc) is 3.21. The lowest BCUT2D eigenvalue weighted by Crippen LogP contribution is -2.48. The molecule has 3 aliphatic heterocycles. The summed E-state index contributed by atoms with van der Waals surface area (Å²) in [6, 6.07) is 7.01. The Morgan fingerprint density at radius 3 is 2.89 bits per heavy atom. The Morgan fingerprint density at radius 2 is 2.04 bits per heavy atom. The van der Waals surface area contributed by atoms with Crippen LogP contribution >= 0.6 is 0 Å². The number of amides is 1. The molecule has 1 atom stereocenters. The molecule has 7 heteroatoms. The van der Waals surface area contributed by atoms with Gasteiger partial charge in [0.15, 0.2) is 0 Å². The van der Waals surface area contributed by atoms with Crippen molar-refractivity contribution in [2.24, 2.45) is 0 Å². The Labute approximate surface area is 164 Å². The lowest BCUT2D eigenvalue weighted by Gasteiger charge is -2.38. The van der Waals surface area contributed by atoms with Crippen LogP contribution in [0.25, 0.3) is 0 Å². The highest BCUT2D eigenvalue weighted by molar-refractivity contribution is 5.96. The highest BCUT2D eigenvalue weighted by Crippen LogP contribution is 2.31. The maximum absolute atomic E-state index is 11.9. The highest BCUT2D eigenvalue weighted by atomic mass is 16.5. The van der Waals surface area contributed by atoms with Gasteiger partial charge < -0.3 is 15.0 Å². The molecule has 1 saturated heterocycles. The van der Waals surface area contributed by atoms with Gasteiger partial charge in [-0.15, -0.1) is 0 Å². The third-order valence-electron chi connectivity index (χ3n) is 6.09. The number of nitrogens with zero attached hydrogens (tertiary/aromatic N) is 4. The number of rotatable bonds is 3. The fourth-order valence-corrected chi connectivity index (χ4v) is 4.29. The summed E-state index contributed by atoms with van der Waals surface area (Å²) in [5, 5.41) is 2.84. The van der Waals surface area contributed by atoms with Crippen LogP contribution in [0.4, 0.5) is 5.95 Å². The molecule has 0 aliphatic carbocycles. The van der Waals surface area contributed by atoms with E-state index in [4.69, 9.17) is 4.74 Å². The Hall–Kier alpha value is -2.67. The van der Waals surface area contributed by atoms with Crippen LogP contribution in [0.1, 0.15) is 40.1 Å². The molecule has 1 aromatic heterocycles. The minimum atomic E-state index is -0.0650. The van der Waals surface area contributed by atoms with Crippen molar-refractivity contribution >= 4 is 11.9 Å². The smallest absolute Gasteiger partial charge is 0.254 e. The van der Waals surface area contributed by atoms with Crippen LogP contribution in [-0.2, 0) is 12.8 Å². The number of nitrogens with one attached hydrogen (secondary N) is 1. The van der Waals surface area contributed by atoms with Crippen molar-refractivity contribution in [1.82, 2.24) is 20.2 Å². The van der Waals surface area contributed by atoms with Crippen molar-refractivity contribution in [3.8, 4) is 5.75 Å². The Kier molecular flexibility index (Phi) is 4.39. The van der Waals surface area contributed by atoms with E-state index >= 15 is 0 Å². The SMILES string of the molecule is CC(c1ccc2c(c1)OCC2)N1CCN(c2ncc3c(n2)CCNC3=O)CC1. The summed E-state index contributed by atoms with van der Waals surface area (Å²) in [6.07, 6.45) is 3.46. The molecule has 7 nitrogen and oxygen atoms in total. The van der Waals surface area contributed by atoms with Crippen molar-refractivity contribution in [3.05, 3.63) is 46.8 Å². The summed E-state index contributed by atoms with van der Waals surface area (Å²) in [5.41, 5.74) is 4.10. The second kappa shape index (κ2) is 7.05. The summed E-state index contributed by atoms with van der Waals surface area (Å²) >= 11 is 0. The summed E-state index contributed by atoms with van der Waals surface area (Å²) in [4.78, 5) is 25.7. The van der Waals surface area contributed by atoms with Gasteiger partial charge in [0.25, 0.3) is 5.91 Å². The van der Waals surface area contributed by atoms with Gasteiger partial charge in [0.2, 0.25) is 5.95 Å². The summed E-state index contributed by atoms with van der Waals surface area (Å²) < 4.78 is 5.73. The Morgan fingerprint density at radius 1 is 1.18 bits per heavy atom. The van der Waals surface area contributed by atoms with Gasteiger partial charge >= 0.3 is 0 Å². The van der Waals surface area contributed by atoms with Gasteiger partial charge in [0, 0.05) is 57.8 Å². The molecule has 28 heavy (non-hydrogen) atoms. The van der Waals surface area contributed by atoms with Gasteiger partial charge in [-0.05, 0) is 24.1 Å². The zero-order valence-corrected chi connectivity index (χ0v) is 16.1. The monoisotopic (exact) mass is 379 g/mol. The van der Waals surface area contributed by atoms with Crippen LogP contribution in [0, 0.1) is 0 Å². The molecule has 4 heterocycles. The molecule has 0 spiro atoms. The second-order valence-corrected chi connectivity index (χ2v) is 7.70. The third kappa shape index (κ3) is 3.09. The normalized spacial score (nSPS) is 20.2. The number of piperazine rings is 1. The van der Waals surface area contributed by atoms with E-state index < -0.39 is 0 Å². The van der Waals surface area contributed by atoms with Gasteiger partial charge in [0.1, 0.15) is 5.75 Å². The minimum absolute atomic E-state index is 0.0650. The molecule has 3 aliphatic rings. The molecule has 1 unspecified atom stereocenters. The first kappa shape index (κ1) is 17.4. The van der Waals surface area contributed by atoms with E-state index in [1.807, 2.05) is 0 Å². The molecule has 0 bridgehead atoms. The van der Waals surface area contributed by atoms with E-state index in [9.17, 15) is 4.79 Å². The number of fused-ring (bicyclic) bond motifs is 2. The molecular weight excluding hydrogens is 354 g/mol. The molecule has 2 aromatic rings. The number of hydrogen-bond acceptors (Lipinski definition) is 6. The minimum Gasteiger partial charge on any atom is -0.493 e. The van der Waals surface area contributed by atoms with Crippen molar-refractivity contribution in [2.45, 2.75) is 25.8 Å². The average molecular weight is 379 g/mol. The number of aromatic nitrogens is 2. The molecule has 5 rings (SSSR count). The second-order valence-electron chi connectivity index (χ2n) is 7.70. The number of carbonyl (C=O) groups is 1. The molecule has 1 amide bonds. The largest absolute Gasteiger partial charge is 0.493 e. The van der Waals surface area contributed by atoms with Crippen molar-refractivity contribution in [3.63, 3.8) is 0 Å². The van der Waals surface area contributed by atoms with Crippen molar-refractivity contribution in [1.29, 1.82) is 0 Å². The summed E-state index contributed by atoms with van der Waals surface area (Å²) in [7, 11) is 0. The predicted octanol–water partition coefficient (Wildman–Crippen LogP) is 1.58. The molecule has 1 N–H and O–H groups in total. The van der Waals surface area contributed by atoms with Gasteiger partial charge in [-0.3, -0.25) is 9.69 Å². The molecule has 1 aromatic carbocycles. The fraction of sp³-hybridized carbons (Fsp3) is 0.476. The number of benzene rings is 1. The van der Waals surface area contributed by atoms with Crippen LogP contribution in [0.5, 0.6) is 5.75 Å². The zero-order chi connectivity index (χ0) is 19.1. The van der Waals surface area contributed by atoms with Crippen LogP contribution < -0.4 is 15.0 Å². The fourth-order valence-electron chi connectivity index (χ4n) is 4.29. The van der Waals surface area contributed by atoms with Crippen molar-refractivity contribution in [2.75, 3.05) is 44.2 Å². The molecular formula is C21H25N5O2. The van der Waals surface area contributed by atoms with Crippen molar-refractivity contribution < 1.29 is 9.53 Å². The highest BCUT2D eigenvalue weighted by Gasteiger charge is 2.26. The standard InChI is InChI=1S/C21H25N5O2/c1-14(16-3-2-15-5-11-28-19(15)12-16)25-7-9-26(10-8-25)21-23-13-17-18(24-21)4-6-22-20(17)27/h2-3,12-14H,4-11H2,1H3,(H,22,27). The van der Waals surface area contributed by atoms with E-state index in [1.165, 1.54) is 11.1 Å². The lowest BCUT2D eigenvalue weighted by molar-refractivity contribution is 0.0944. The summed E-state index contributed by atoms with van der Waals surface area (Å²) in [6.45, 7) is 7.40. The maximum atomic E-state index is 11.9. The number of carbonyl (C=O) groups excluding carboxylic acids is 1. The van der Waals surface area contributed by atoms with Crippen LogP contribution in [0.3, 0.4) is 0 Å². The molecule has 0 radical (unpaired) electrons. The number of ether oxygens (including phenoxy) is 1. The van der Waals surface area contributed by atoms with Gasteiger partial charge in [-0.2, -0.15) is 0 Å². The first-order valence-electron chi connectivity index (χ1n) is 10.1. The first-order valence-corrected chi connectivity index (χ1v) is 10.1. The molecule has 0 saturated carbocycles. The third-order valence-corrected chi connectivity index (χ3v) is 6.09. The summed E-state index contributed by atoms with van der Waals surface area (Å²) in [5.74, 6) is 1.73. The van der Waals surface area contributed by atoms with E-state index in [2.05, 4.69) is 50.2 Å². The zero-order valence-electron chi connectivity index (χ0n) is 16.1. The topological polar surface area (TPSA) is 70.6 Å². The van der Waals surface area contributed by atoms with Crippen LogP contribution in [0.2, 0.25) is 0 Å². The molecule has 1 fully saturated rings. The lowest BCUT2D eigenvalue weighted by atomic mass is 10.0. The number of hydrogen-bond donors (Lipinski definition) is 1. The van der Waals surface area contributed by atoms with E-state index in [-0.39, 0.29) is 5.91 Å². The quantitative estimate of drug-likeness (QED) is 0.873. The van der Waals surface area contributed by atoms with Crippen LogP contribution in [-0.4, -0.2) is 60.1 Å². The van der Waals surface area contributed by atoms with Crippen LogP contribution in [0.15, 0.2) is 24.4 Å². The predicted molar refractivity (Wildman–Crippen MR) is 106 cm³/mol. The van der Waals surface area contributed by atoms with Gasteiger partial charge in [0.05, 0.1) is 17.9 Å². The Bertz CT molecular complexity index is 908. The van der Waals surface area contributed by atoms with E-state index in [0.717, 1.165) is 63.0 Å². The van der Waals surface area contributed by atoms with Gasteiger partial charge in [-0.1, -0.05) is 12.1 Å². The molecule has 146 valence electrons. The first-order chi connectivity index (χ1) is 13.7.